The van der Waals surface area contributed by atoms with Gasteiger partial charge in [-0.15, -0.1) is 12.4 Å². The second kappa shape index (κ2) is 11.7. The highest BCUT2D eigenvalue weighted by molar-refractivity contribution is 7.99. The first-order valence-electron chi connectivity index (χ1n) is 9.39. The van der Waals surface area contributed by atoms with Crippen LogP contribution in [0.15, 0.2) is 48.5 Å². The molecule has 6 nitrogen and oxygen atoms in total. The lowest BCUT2D eigenvalue weighted by molar-refractivity contribution is -0.116. The van der Waals surface area contributed by atoms with Crippen molar-refractivity contribution in [3.63, 3.8) is 0 Å². The summed E-state index contributed by atoms with van der Waals surface area (Å²) in [5.74, 6) is 2.59. The minimum absolute atomic E-state index is 0. The molecule has 8 heteroatoms. The summed E-state index contributed by atoms with van der Waals surface area (Å²) in [6, 6.07) is 14.3. The lowest BCUT2D eigenvalue weighted by Gasteiger charge is -2.22. The van der Waals surface area contributed by atoms with Crippen molar-refractivity contribution in [1.29, 1.82) is 0 Å². The summed E-state index contributed by atoms with van der Waals surface area (Å²) in [6.07, 6.45) is 0.451. The smallest absolute Gasteiger partial charge is 0.255 e. The van der Waals surface area contributed by atoms with Gasteiger partial charge in [0.25, 0.3) is 5.91 Å². The Hall–Kier alpha value is -2.22. The lowest BCUT2D eigenvalue weighted by Crippen LogP contribution is -2.39. The lowest BCUT2D eigenvalue weighted by atomic mass is 10.1. The van der Waals surface area contributed by atoms with Gasteiger partial charge in [0.05, 0.1) is 6.61 Å². The zero-order valence-corrected chi connectivity index (χ0v) is 17.9. The number of anilines is 2. The van der Waals surface area contributed by atoms with Gasteiger partial charge in [-0.1, -0.05) is 0 Å². The Labute approximate surface area is 181 Å². The first-order valence-corrected chi connectivity index (χ1v) is 10.5. The zero-order valence-electron chi connectivity index (χ0n) is 16.3. The topological polar surface area (TPSA) is 79.5 Å². The van der Waals surface area contributed by atoms with E-state index in [0.29, 0.717) is 30.0 Å². The van der Waals surface area contributed by atoms with Crippen LogP contribution in [0.3, 0.4) is 0 Å². The zero-order chi connectivity index (χ0) is 19.8. The molecule has 3 rings (SSSR count). The molecule has 29 heavy (non-hydrogen) atoms. The molecule has 3 N–H and O–H groups in total. The highest BCUT2D eigenvalue weighted by atomic mass is 35.5. The van der Waals surface area contributed by atoms with E-state index < -0.39 is 0 Å². The Bertz CT molecular complexity index is 794. The fourth-order valence-corrected chi connectivity index (χ4v) is 3.85. The van der Waals surface area contributed by atoms with Crippen LogP contribution in [0.5, 0.6) is 5.75 Å². The van der Waals surface area contributed by atoms with Crippen LogP contribution in [0.25, 0.3) is 0 Å². The maximum absolute atomic E-state index is 12.4. The molecule has 1 fully saturated rings. The summed E-state index contributed by atoms with van der Waals surface area (Å²) in [7, 11) is 0. The maximum atomic E-state index is 12.4. The standard InChI is InChI=1S/C21H25N3O3S.ClH/c1-2-27-19-9-7-17(8-10-19)24-21(26)15-3-5-16(6-4-15)23-20(25)13-18-14-28-12-11-22-18;/h3-10,18,22H,2,11-14H2,1H3,(H,23,25)(H,24,26);1H. The van der Waals surface area contributed by atoms with E-state index in [-0.39, 0.29) is 30.3 Å². The molecule has 2 amide bonds. The fraction of sp³-hybridized carbons (Fsp3) is 0.333. The molecule has 1 unspecified atom stereocenters. The number of nitrogens with one attached hydrogen (secondary N) is 3. The van der Waals surface area contributed by atoms with Crippen LogP contribution in [0, 0.1) is 0 Å². The summed E-state index contributed by atoms with van der Waals surface area (Å²) < 4.78 is 5.39. The molecule has 1 aliphatic rings. The van der Waals surface area contributed by atoms with E-state index in [0.717, 1.165) is 23.8 Å². The van der Waals surface area contributed by atoms with E-state index in [9.17, 15) is 9.59 Å². The molecule has 1 aliphatic heterocycles. The predicted molar refractivity (Wildman–Crippen MR) is 122 cm³/mol. The minimum Gasteiger partial charge on any atom is -0.494 e. The predicted octanol–water partition coefficient (Wildman–Crippen LogP) is 3.79. The van der Waals surface area contributed by atoms with Crippen molar-refractivity contribution >= 4 is 47.4 Å². The number of hydrogen-bond acceptors (Lipinski definition) is 5. The van der Waals surface area contributed by atoms with E-state index in [1.807, 2.05) is 30.8 Å². The van der Waals surface area contributed by atoms with Crippen molar-refractivity contribution in [2.75, 3.05) is 35.3 Å². The largest absolute Gasteiger partial charge is 0.494 e. The molecule has 1 atom stereocenters. The Morgan fingerprint density at radius 1 is 1.07 bits per heavy atom. The van der Waals surface area contributed by atoms with Gasteiger partial charge in [0.1, 0.15) is 5.75 Å². The van der Waals surface area contributed by atoms with Gasteiger partial charge < -0.3 is 20.7 Å². The highest BCUT2D eigenvalue weighted by Crippen LogP contribution is 2.17. The van der Waals surface area contributed by atoms with Gasteiger partial charge in [-0.2, -0.15) is 11.8 Å². The number of carbonyl (C=O) groups excluding carboxylic acids is 2. The van der Waals surface area contributed by atoms with Gasteiger partial charge in [0, 0.05) is 47.5 Å². The molecular weight excluding hydrogens is 410 g/mol. The van der Waals surface area contributed by atoms with Gasteiger partial charge in [-0.05, 0) is 55.5 Å². The third-order valence-electron chi connectivity index (χ3n) is 4.28. The Balaban J connectivity index is 0.00000300. The number of amides is 2. The third-order valence-corrected chi connectivity index (χ3v) is 5.42. The van der Waals surface area contributed by atoms with Crippen LogP contribution in [0.1, 0.15) is 23.7 Å². The first kappa shape index (κ1) is 23.1. The molecule has 1 heterocycles. The van der Waals surface area contributed by atoms with E-state index in [1.54, 1.807) is 36.4 Å². The van der Waals surface area contributed by atoms with Crippen molar-refractivity contribution in [2.24, 2.45) is 0 Å². The van der Waals surface area contributed by atoms with Crippen molar-refractivity contribution in [1.82, 2.24) is 5.32 Å². The van der Waals surface area contributed by atoms with Gasteiger partial charge >= 0.3 is 0 Å². The molecule has 0 spiro atoms. The van der Waals surface area contributed by atoms with Crippen LogP contribution in [-0.4, -0.2) is 42.5 Å². The van der Waals surface area contributed by atoms with Crippen molar-refractivity contribution in [3.8, 4) is 5.75 Å². The normalized spacial score (nSPS) is 15.7. The van der Waals surface area contributed by atoms with E-state index in [4.69, 9.17) is 4.74 Å². The molecule has 0 aromatic heterocycles. The quantitative estimate of drug-likeness (QED) is 0.616. The summed E-state index contributed by atoms with van der Waals surface area (Å²) in [6.45, 7) is 3.47. The summed E-state index contributed by atoms with van der Waals surface area (Å²) >= 11 is 1.87. The Morgan fingerprint density at radius 2 is 1.72 bits per heavy atom. The third kappa shape index (κ3) is 7.27. The summed E-state index contributed by atoms with van der Waals surface area (Å²) in [5, 5.41) is 9.09. The number of rotatable bonds is 7. The average Bonchev–Trinajstić information content (AvgIpc) is 2.71. The number of ether oxygens (including phenoxy) is 1. The Kier molecular flexibility index (Phi) is 9.31. The molecule has 0 radical (unpaired) electrons. The molecular formula is C21H26ClN3O3S. The molecule has 2 aromatic rings. The SMILES string of the molecule is CCOc1ccc(NC(=O)c2ccc(NC(=O)CC3CSCCN3)cc2)cc1.Cl. The second-order valence-corrected chi connectivity index (χ2v) is 7.62. The maximum Gasteiger partial charge on any atom is 0.255 e. The van der Waals surface area contributed by atoms with Crippen LogP contribution in [-0.2, 0) is 4.79 Å². The molecule has 2 aromatic carbocycles. The first-order chi connectivity index (χ1) is 13.6. The van der Waals surface area contributed by atoms with E-state index in [1.165, 1.54) is 0 Å². The van der Waals surface area contributed by atoms with Gasteiger partial charge in [0.2, 0.25) is 5.91 Å². The van der Waals surface area contributed by atoms with Crippen LogP contribution < -0.4 is 20.7 Å². The number of thioether (sulfide) groups is 1. The molecule has 0 saturated carbocycles. The minimum atomic E-state index is -0.203. The average molecular weight is 436 g/mol. The van der Waals surface area contributed by atoms with Crippen molar-refractivity contribution in [2.45, 2.75) is 19.4 Å². The van der Waals surface area contributed by atoms with Crippen LogP contribution in [0.4, 0.5) is 11.4 Å². The van der Waals surface area contributed by atoms with Gasteiger partial charge in [-0.25, -0.2) is 0 Å². The second-order valence-electron chi connectivity index (χ2n) is 6.47. The molecule has 0 aliphatic carbocycles. The van der Waals surface area contributed by atoms with E-state index in [2.05, 4.69) is 16.0 Å². The fourth-order valence-electron chi connectivity index (χ4n) is 2.90. The number of benzene rings is 2. The van der Waals surface area contributed by atoms with Crippen LogP contribution >= 0.6 is 24.2 Å². The monoisotopic (exact) mass is 435 g/mol. The van der Waals surface area contributed by atoms with Crippen molar-refractivity contribution < 1.29 is 14.3 Å². The van der Waals surface area contributed by atoms with Crippen LogP contribution in [0.2, 0.25) is 0 Å². The van der Waals surface area contributed by atoms with Gasteiger partial charge in [-0.3, -0.25) is 9.59 Å². The Morgan fingerprint density at radius 3 is 2.34 bits per heavy atom. The number of hydrogen-bond donors (Lipinski definition) is 3. The van der Waals surface area contributed by atoms with Crippen molar-refractivity contribution in [3.05, 3.63) is 54.1 Å². The summed E-state index contributed by atoms with van der Waals surface area (Å²) in [5.41, 5.74) is 1.91. The number of carbonyl (C=O) groups is 2. The highest BCUT2D eigenvalue weighted by Gasteiger charge is 2.16. The molecule has 156 valence electrons. The molecule has 0 bridgehead atoms. The number of halogens is 1. The molecule has 1 saturated heterocycles. The van der Waals surface area contributed by atoms with Gasteiger partial charge in [0.15, 0.2) is 0 Å². The summed E-state index contributed by atoms with van der Waals surface area (Å²) in [4.78, 5) is 24.5. The van der Waals surface area contributed by atoms with E-state index >= 15 is 0 Å².